The summed E-state index contributed by atoms with van der Waals surface area (Å²) in [6.07, 6.45) is 0. The Kier molecular flexibility index (Phi) is 6.07. The van der Waals surface area contributed by atoms with Crippen molar-refractivity contribution in [3.05, 3.63) is 93.5 Å². The lowest BCUT2D eigenvalue weighted by atomic mass is 10.1. The molecule has 2 N–H and O–H groups in total. The molecule has 0 saturated heterocycles. The SMILES string of the molecule is COc1ccc(NC(=O)c2ccc(NC(=O)c3cccc([N+](=O)[O-])c3C)cc2)cc1. The van der Waals surface area contributed by atoms with Gasteiger partial charge < -0.3 is 15.4 Å². The summed E-state index contributed by atoms with van der Waals surface area (Å²) in [7, 11) is 1.56. The van der Waals surface area contributed by atoms with Crippen molar-refractivity contribution >= 4 is 28.9 Å². The molecule has 0 spiro atoms. The number of rotatable bonds is 6. The van der Waals surface area contributed by atoms with Crippen LogP contribution in [0.3, 0.4) is 0 Å². The van der Waals surface area contributed by atoms with E-state index in [0.29, 0.717) is 22.7 Å². The predicted molar refractivity (Wildman–Crippen MR) is 113 cm³/mol. The fourth-order valence-corrected chi connectivity index (χ4v) is 2.85. The molecule has 3 aromatic carbocycles. The molecule has 0 aliphatic heterocycles. The molecule has 0 fully saturated rings. The van der Waals surface area contributed by atoms with Gasteiger partial charge in [0.25, 0.3) is 17.5 Å². The van der Waals surface area contributed by atoms with Crippen molar-refractivity contribution in [2.45, 2.75) is 6.92 Å². The van der Waals surface area contributed by atoms with Crippen LogP contribution in [0.15, 0.2) is 66.7 Å². The Morgan fingerprint density at radius 3 is 2.00 bits per heavy atom. The molecule has 0 aromatic heterocycles. The van der Waals surface area contributed by atoms with E-state index in [1.807, 2.05) is 0 Å². The molecular weight excluding hydrogens is 386 g/mol. The van der Waals surface area contributed by atoms with Gasteiger partial charge >= 0.3 is 0 Å². The van der Waals surface area contributed by atoms with Crippen LogP contribution >= 0.6 is 0 Å². The maximum atomic E-state index is 12.5. The first-order valence-electron chi connectivity index (χ1n) is 9.00. The van der Waals surface area contributed by atoms with Crippen LogP contribution in [0.2, 0.25) is 0 Å². The first-order chi connectivity index (χ1) is 14.4. The Balaban J connectivity index is 1.68. The minimum atomic E-state index is -0.525. The second kappa shape index (κ2) is 8.87. The average molecular weight is 405 g/mol. The van der Waals surface area contributed by atoms with Crippen molar-refractivity contribution in [2.75, 3.05) is 17.7 Å². The molecule has 152 valence electrons. The van der Waals surface area contributed by atoms with Crippen LogP contribution in [0.25, 0.3) is 0 Å². The van der Waals surface area contributed by atoms with Crippen molar-refractivity contribution in [1.82, 2.24) is 0 Å². The lowest BCUT2D eigenvalue weighted by molar-refractivity contribution is -0.385. The van der Waals surface area contributed by atoms with E-state index in [-0.39, 0.29) is 22.7 Å². The number of ether oxygens (including phenoxy) is 1. The molecule has 3 aromatic rings. The van der Waals surface area contributed by atoms with Crippen molar-refractivity contribution in [3.8, 4) is 5.75 Å². The third-order valence-corrected chi connectivity index (χ3v) is 4.50. The summed E-state index contributed by atoms with van der Waals surface area (Å²) in [5.41, 5.74) is 1.88. The molecule has 0 saturated carbocycles. The highest BCUT2D eigenvalue weighted by atomic mass is 16.6. The second-order valence-electron chi connectivity index (χ2n) is 6.42. The van der Waals surface area contributed by atoms with Gasteiger partial charge in [-0.05, 0) is 61.5 Å². The zero-order chi connectivity index (χ0) is 21.7. The number of carbonyl (C=O) groups excluding carboxylic acids is 2. The molecular formula is C22H19N3O5. The topological polar surface area (TPSA) is 111 Å². The van der Waals surface area contributed by atoms with E-state index < -0.39 is 10.8 Å². The largest absolute Gasteiger partial charge is 0.497 e. The fraction of sp³-hybridized carbons (Fsp3) is 0.0909. The minimum Gasteiger partial charge on any atom is -0.497 e. The zero-order valence-electron chi connectivity index (χ0n) is 16.3. The first kappa shape index (κ1) is 20.5. The van der Waals surface area contributed by atoms with E-state index >= 15 is 0 Å². The first-order valence-corrected chi connectivity index (χ1v) is 9.00. The number of carbonyl (C=O) groups is 2. The lowest BCUT2D eigenvalue weighted by Gasteiger charge is -2.09. The van der Waals surface area contributed by atoms with Crippen LogP contribution in [0.5, 0.6) is 5.75 Å². The number of amides is 2. The van der Waals surface area contributed by atoms with Crippen molar-refractivity contribution in [1.29, 1.82) is 0 Å². The molecule has 0 aliphatic carbocycles. The van der Waals surface area contributed by atoms with Crippen LogP contribution in [0.4, 0.5) is 17.1 Å². The third-order valence-electron chi connectivity index (χ3n) is 4.50. The molecule has 0 radical (unpaired) electrons. The molecule has 0 aliphatic rings. The zero-order valence-corrected chi connectivity index (χ0v) is 16.3. The Morgan fingerprint density at radius 1 is 0.867 bits per heavy atom. The monoisotopic (exact) mass is 405 g/mol. The number of nitro groups is 1. The van der Waals surface area contributed by atoms with Gasteiger partial charge in [0.05, 0.1) is 12.0 Å². The Bertz CT molecular complexity index is 1090. The summed E-state index contributed by atoms with van der Waals surface area (Å²) in [4.78, 5) is 35.4. The van der Waals surface area contributed by atoms with E-state index in [4.69, 9.17) is 4.74 Å². The molecule has 2 amide bonds. The van der Waals surface area contributed by atoms with Gasteiger partial charge in [0, 0.05) is 34.1 Å². The summed E-state index contributed by atoms with van der Waals surface area (Å²) in [6, 6.07) is 17.6. The average Bonchev–Trinajstić information content (AvgIpc) is 2.74. The van der Waals surface area contributed by atoms with Crippen LogP contribution in [0.1, 0.15) is 26.3 Å². The Labute approximate surface area is 172 Å². The molecule has 0 atom stereocenters. The molecule has 30 heavy (non-hydrogen) atoms. The van der Waals surface area contributed by atoms with Gasteiger partial charge in [0.2, 0.25) is 0 Å². The van der Waals surface area contributed by atoms with Gasteiger partial charge in [-0.2, -0.15) is 0 Å². The number of benzene rings is 3. The molecule has 0 unspecified atom stereocenters. The van der Waals surface area contributed by atoms with E-state index in [2.05, 4.69) is 10.6 Å². The number of anilines is 2. The van der Waals surface area contributed by atoms with Crippen molar-refractivity contribution < 1.29 is 19.2 Å². The van der Waals surface area contributed by atoms with Gasteiger partial charge in [-0.3, -0.25) is 19.7 Å². The number of hydrogen-bond donors (Lipinski definition) is 2. The molecule has 8 heteroatoms. The summed E-state index contributed by atoms with van der Waals surface area (Å²) >= 11 is 0. The number of methoxy groups -OCH3 is 1. The highest BCUT2D eigenvalue weighted by molar-refractivity contribution is 6.07. The summed E-state index contributed by atoms with van der Waals surface area (Å²) < 4.78 is 5.08. The van der Waals surface area contributed by atoms with Crippen LogP contribution in [0, 0.1) is 17.0 Å². The summed E-state index contributed by atoms with van der Waals surface area (Å²) in [5.74, 6) is -0.0775. The predicted octanol–water partition coefficient (Wildman–Crippen LogP) is 4.42. The fourth-order valence-electron chi connectivity index (χ4n) is 2.85. The Morgan fingerprint density at radius 2 is 1.43 bits per heavy atom. The Hall–Kier alpha value is -4.20. The molecule has 3 rings (SSSR count). The van der Waals surface area contributed by atoms with Crippen LogP contribution < -0.4 is 15.4 Å². The second-order valence-corrected chi connectivity index (χ2v) is 6.42. The van der Waals surface area contributed by atoms with Gasteiger partial charge in [-0.25, -0.2) is 0 Å². The van der Waals surface area contributed by atoms with E-state index in [1.165, 1.54) is 25.1 Å². The van der Waals surface area contributed by atoms with Crippen molar-refractivity contribution in [2.24, 2.45) is 0 Å². The number of nitrogens with one attached hydrogen (secondary N) is 2. The number of nitrogens with zero attached hydrogens (tertiary/aromatic N) is 1. The lowest BCUT2D eigenvalue weighted by Crippen LogP contribution is -2.15. The third kappa shape index (κ3) is 4.61. The van der Waals surface area contributed by atoms with E-state index in [9.17, 15) is 19.7 Å². The number of nitro benzene ring substituents is 1. The van der Waals surface area contributed by atoms with E-state index in [1.54, 1.807) is 55.6 Å². The highest BCUT2D eigenvalue weighted by Crippen LogP contribution is 2.22. The normalized spacial score (nSPS) is 10.2. The molecule has 0 heterocycles. The van der Waals surface area contributed by atoms with Crippen LogP contribution in [-0.2, 0) is 0 Å². The van der Waals surface area contributed by atoms with E-state index in [0.717, 1.165) is 0 Å². The van der Waals surface area contributed by atoms with Gasteiger partial charge in [0.1, 0.15) is 5.75 Å². The summed E-state index contributed by atoms with van der Waals surface area (Å²) in [5, 5.41) is 16.5. The standard InChI is InChI=1S/C22H19N3O5/c1-14-19(4-3-5-20(14)25(28)29)22(27)24-16-8-6-15(7-9-16)21(26)23-17-10-12-18(30-2)13-11-17/h3-13H,1-2H3,(H,23,26)(H,24,27). The van der Waals surface area contributed by atoms with Gasteiger partial charge in [-0.15, -0.1) is 0 Å². The van der Waals surface area contributed by atoms with Gasteiger partial charge in [0.15, 0.2) is 0 Å². The van der Waals surface area contributed by atoms with Gasteiger partial charge in [-0.1, -0.05) is 6.07 Å². The smallest absolute Gasteiger partial charge is 0.273 e. The maximum Gasteiger partial charge on any atom is 0.273 e. The molecule has 8 nitrogen and oxygen atoms in total. The van der Waals surface area contributed by atoms with Crippen molar-refractivity contribution in [3.63, 3.8) is 0 Å². The quantitative estimate of drug-likeness (QED) is 0.466. The highest BCUT2D eigenvalue weighted by Gasteiger charge is 2.18. The summed E-state index contributed by atoms with van der Waals surface area (Å²) in [6.45, 7) is 1.53. The maximum absolute atomic E-state index is 12.5. The molecule has 0 bridgehead atoms. The number of hydrogen-bond acceptors (Lipinski definition) is 5. The van der Waals surface area contributed by atoms with Crippen LogP contribution in [-0.4, -0.2) is 23.8 Å². The minimum absolute atomic E-state index is 0.117.